The van der Waals surface area contributed by atoms with Gasteiger partial charge >= 0.3 is 6.03 Å². The molecule has 1 unspecified atom stereocenters. The van der Waals surface area contributed by atoms with E-state index in [9.17, 15) is 4.79 Å². The van der Waals surface area contributed by atoms with Gasteiger partial charge in [-0.1, -0.05) is 36.8 Å². The second kappa shape index (κ2) is 8.17. The number of anilines is 1. The van der Waals surface area contributed by atoms with Crippen LogP contribution in [0.25, 0.3) is 11.3 Å². The summed E-state index contributed by atoms with van der Waals surface area (Å²) >= 11 is 0. The third-order valence-electron chi connectivity index (χ3n) is 4.87. The molecular formula is C20H27N5O. The molecule has 0 bridgehead atoms. The maximum Gasteiger partial charge on any atom is 0.317 e. The first-order chi connectivity index (χ1) is 12.6. The minimum Gasteiger partial charge on any atom is -0.353 e. The van der Waals surface area contributed by atoms with Gasteiger partial charge in [0.15, 0.2) is 0 Å². The highest BCUT2D eigenvalue weighted by atomic mass is 16.2. The lowest BCUT2D eigenvalue weighted by atomic mass is 10.1. The van der Waals surface area contributed by atoms with Crippen LogP contribution < -0.4 is 10.2 Å². The van der Waals surface area contributed by atoms with Crippen molar-refractivity contribution in [2.24, 2.45) is 0 Å². The Morgan fingerprint density at radius 3 is 2.50 bits per heavy atom. The monoisotopic (exact) mass is 353 g/mol. The summed E-state index contributed by atoms with van der Waals surface area (Å²) in [6.45, 7) is 9.13. The number of hydrogen-bond acceptors (Lipinski definition) is 4. The molecule has 6 heteroatoms. The maximum atomic E-state index is 12.2. The Hall–Kier alpha value is -2.63. The highest BCUT2D eigenvalue weighted by Gasteiger charge is 2.22. The fourth-order valence-electron chi connectivity index (χ4n) is 2.94. The predicted molar refractivity (Wildman–Crippen MR) is 104 cm³/mol. The largest absolute Gasteiger partial charge is 0.353 e. The molecule has 0 radical (unpaired) electrons. The summed E-state index contributed by atoms with van der Waals surface area (Å²) in [6.07, 6.45) is 2.56. The number of piperazine rings is 1. The van der Waals surface area contributed by atoms with Gasteiger partial charge in [0.2, 0.25) is 0 Å². The van der Waals surface area contributed by atoms with Gasteiger partial charge in [0.25, 0.3) is 0 Å². The summed E-state index contributed by atoms with van der Waals surface area (Å²) in [5, 5.41) is 3.03. The van der Waals surface area contributed by atoms with E-state index in [4.69, 9.17) is 0 Å². The summed E-state index contributed by atoms with van der Waals surface area (Å²) < 4.78 is 0. The van der Waals surface area contributed by atoms with E-state index < -0.39 is 0 Å². The number of nitrogens with zero attached hydrogens (tertiary/aromatic N) is 4. The fraction of sp³-hybridized carbons (Fsp3) is 0.450. The van der Waals surface area contributed by atoms with Gasteiger partial charge < -0.3 is 15.1 Å². The van der Waals surface area contributed by atoms with Gasteiger partial charge in [-0.2, -0.15) is 0 Å². The Bertz CT molecular complexity index is 738. The number of amides is 2. The third kappa shape index (κ3) is 4.31. The first-order valence-corrected chi connectivity index (χ1v) is 9.26. The first-order valence-electron chi connectivity index (χ1n) is 9.26. The zero-order valence-electron chi connectivity index (χ0n) is 15.8. The molecule has 6 nitrogen and oxygen atoms in total. The normalized spacial score (nSPS) is 15.7. The number of carbonyl (C=O) groups excluding carboxylic acids is 1. The van der Waals surface area contributed by atoms with Crippen LogP contribution in [0.3, 0.4) is 0 Å². The van der Waals surface area contributed by atoms with Crippen molar-refractivity contribution in [3.05, 3.63) is 42.2 Å². The molecule has 2 amide bonds. The molecule has 1 fully saturated rings. The van der Waals surface area contributed by atoms with Gasteiger partial charge in [0, 0.05) is 43.9 Å². The molecule has 1 atom stereocenters. The number of hydrogen-bond donors (Lipinski definition) is 1. The quantitative estimate of drug-likeness (QED) is 0.918. The molecule has 138 valence electrons. The number of aromatic nitrogens is 2. The average Bonchev–Trinajstić information content (AvgIpc) is 2.68. The van der Waals surface area contributed by atoms with Crippen LogP contribution >= 0.6 is 0 Å². The van der Waals surface area contributed by atoms with E-state index in [1.807, 2.05) is 17.9 Å². The number of urea groups is 1. The SMILES string of the molecule is CCC(C)NC(=O)N1CCN(c2cc(-c3ccc(C)cc3)ncn2)CC1. The van der Waals surface area contributed by atoms with E-state index in [0.717, 1.165) is 36.6 Å². The zero-order chi connectivity index (χ0) is 18.5. The predicted octanol–water partition coefficient (Wildman–Crippen LogP) is 3.08. The minimum absolute atomic E-state index is 0.0297. The lowest BCUT2D eigenvalue weighted by molar-refractivity contribution is 0.190. The fourth-order valence-corrected chi connectivity index (χ4v) is 2.94. The molecule has 1 saturated heterocycles. The van der Waals surface area contributed by atoms with Crippen LogP contribution in [0.2, 0.25) is 0 Å². The summed E-state index contributed by atoms with van der Waals surface area (Å²) in [7, 11) is 0. The molecule has 0 spiro atoms. The smallest absolute Gasteiger partial charge is 0.317 e. The van der Waals surface area contributed by atoms with E-state index in [-0.39, 0.29) is 12.1 Å². The third-order valence-corrected chi connectivity index (χ3v) is 4.87. The number of rotatable bonds is 4. The maximum absolute atomic E-state index is 12.2. The molecule has 3 rings (SSSR count). The molecule has 26 heavy (non-hydrogen) atoms. The summed E-state index contributed by atoms with van der Waals surface area (Å²) in [5.74, 6) is 0.914. The van der Waals surface area contributed by atoms with E-state index in [1.54, 1.807) is 6.33 Å². The van der Waals surface area contributed by atoms with Crippen LogP contribution in [0.5, 0.6) is 0 Å². The molecule has 0 saturated carbocycles. The van der Waals surface area contributed by atoms with Gasteiger partial charge in [-0.25, -0.2) is 14.8 Å². The van der Waals surface area contributed by atoms with E-state index in [1.165, 1.54) is 5.56 Å². The standard InChI is InChI=1S/C20H27N5O/c1-4-16(3)23-20(26)25-11-9-24(10-12-25)19-13-18(21-14-22-19)17-7-5-15(2)6-8-17/h5-8,13-14,16H,4,9-12H2,1-3H3,(H,23,26). The highest BCUT2D eigenvalue weighted by Crippen LogP contribution is 2.22. The van der Waals surface area contributed by atoms with E-state index in [0.29, 0.717) is 13.1 Å². The zero-order valence-corrected chi connectivity index (χ0v) is 15.8. The Balaban J connectivity index is 1.64. The average molecular weight is 353 g/mol. The van der Waals surface area contributed by atoms with Gasteiger partial charge in [0.05, 0.1) is 5.69 Å². The van der Waals surface area contributed by atoms with Crippen LogP contribution in [-0.2, 0) is 0 Å². The van der Waals surface area contributed by atoms with Gasteiger partial charge in [0.1, 0.15) is 12.1 Å². The Kier molecular flexibility index (Phi) is 5.71. The summed E-state index contributed by atoms with van der Waals surface area (Å²) in [6, 6.07) is 10.6. The van der Waals surface area contributed by atoms with Crippen molar-refractivity contribution in [3.63, 3.8) is 0 Å². The number of nitrogens with one attached hydrogen (secondary N) is 1. The second-order valence-electron chi connectivity index (χ2n) is 6.86. The molecule has 1 aliphatic heterocycles. The van der Waals surface area contributed by atoms with Gasteiger partial charge in [-0.05, 0) is 20.3 Å². The Morgan fingerprint density at radius 2 is 1.85 bits per heavy atom. The van der Waals surface area contributed by atoms with Crippen molar-refractivity contribution in [2.45, 2.75) is 33.2 Å². The van der Waals surface area contributed by atoms with Crippen molar-refractivity contribution in [2.75, 3.05) is 31.1 Å². The number of aryl methyl sites for hydroxylation is 1. The number of benzene rings is 1. The summed E-state index contributed by atoms with van der Waals surface area (Å²) in [5.41, 5.74) is 3.24. The molecule has 1 aromatic heterocycles. The van der Waals surface area contributed by atoms with Crippen molar-refractivity contribution in [1.82, 2.24) is 20.2 Å². The minimum atomic E-state index is 0.0297. The first kappa shape index (κ1) is 18.2. The van der Waals surface area contributed by atoms with E-state index in [2.05, 4.69) is 58.3 Å². The van der Waals surface area contributed by atoms with Crippen molar-refractivity contribution < 1.29 is 4.79 Å². The molecule has 1 aromatic carbocycles. The molecule has 0 aliphatic carbocycles. The highest BCUT2D eigenvalue weighted by molar-refractivity contribution is 5.75. The van der Waals surface area contributed by atoms with Gasteiger partial charge in [-0.15, -0.1) is 0 Å². The van der Waals surface area contributed by atoms with Crippen LogP contribution in [0, 0.1) is 6.92 Å². The van der Waals surface area contributed by atoms with Crippen molar-refractivity contribution >= 4 is 11.8 Å². The molecule has 2 aromatic rings. The number of carbonyl (C=O) groups is 1. The lowest BCUT2D eigenvalue weighted by Crippen LogP contribution is -2.53. The van der Waals surface area contributed by atoms with Crippen molar-refractivity contribution in [1.29, 1.82) is 0 Å². The lowest BCUT2D eigenvalue weighted by Gasteiger charge is -2.35. The van der Waals surface area contributed by atoms with Crippen LogP contribution in [0.4, 0.5) is 10.6 Å². The second-order valence-corrected chi connectivity index (χ2v) is 6.86. The molecule has 2 heterocycles. The molecular weight excluding hydrogens is 326 g/mol. The molecule has 1 N–H and O–H groups in total. The Morgan fingerprint density at radius 1 is 1.15 bits per heavy atom. The van der Waals surface area contributed by atoms with Crippen LogP contribution in [-0.4, -0.2) is 53.1 Å². The van der Waals surface area contributed by atoms with Gasteiger partial charge in [-0.3, -0.25) is 0 Å². The molecule has 1 aliphatic rings. The topological polar surface area (TPSA) is 61.4 Å². The van der Waals surface area contributed by atoms with Crippen molar-refractivity contribution in [3.8, 4) is 11.3 Å². The Labute approximate surface area is 155 Å². The summed E-state index contributed by atoms with van der Waals surface area (Å²) in [4.78, 5) is 25.2. The van der Waals surface area contributed by atoms with E-state index >= 15 is 0 Å². The van der Waals surface area contributed by atoms with Crippen LogP contribution in [0.15, 0.2) is 36.7 Å². The van der Waals surface area contributed by atoms with Crippen LogP contribution in [0.1, 0.15) is 25.8 Å².